The predicted octanol–water partition coefficient (Wildman–Crippen LogP) is 4.77. The third-order valence-corrected chi connectivity index (χ3v) is 5.17. The van der Waals surface area contributed by atoms with E-state index in [-0.39, 0.29) is 12.2 Å². The zero-order chi connectivity index (χ0) is 18.0. The van der Waals surface area contributed by atoms with Crippen molar-refractivity contribution < 1.29 is 4.74 Å². The minimum Gasteiger partial charge on any atom is -0.486 e. The summed E-state index contributed by atoms with van der Waals surface area (Å²) in [6.45, 7) is 0.248. The average Bonchev–Trinajstić information content (AvgIpc) is 2.60. The molecule has 3 aromatic rings. The lowest BCUT2D eigenvalue weighted by molar-refractivity contribution is 0.300. The van der Waals surface area contributed by atoms with E-state index in [9.17, 15) is 4.79 Å². The summed E-state index contributed by atoms with van der Waals surface area (Å²) in [7, 11) is 0. The van der Waals surface area contributed by atoms with Gasteiger partial charge >= 0.3 is 0 Å². The fraction of sp³-hybridized carbons (Fsp3) is 0.0625. The molecule has 2 heterocycles. The predicted molar refractivity (Wildman–Crippen MR) is 106 cm³/mol. The van der Waals surface area contributed by atoms with Crippen LogP contribution in [0.15, 0.2) is 47.5 Å². The Kier molecular flexibility index (Phi) is 5.83. The molecule has 0 amide bonds. The lowest BCUT2D eigenvalue weighted by Gasteiger charge is -2.10. The zero-order valence-corrected chi connectivity index (χ0v) is 16.8. The summed E-state index contributed by atoms with van der Waals surface area (Å²) in [5, 5.41) is 5.30. The smallest absolute Gasteiger partial charge is 0.288 e. The normalized spacial score (nSPS) is 10.7. The number of nitrogens with zero attached hydrogens (tertiary/aromatic N) is 3. The van der Waals surface area contributed by atoms with E-state index in [1.165, 1.54) is 10.9 Å². The van der Waals surface area contributed by atoms with Crippen molar-refractivity contribution in [1.29, 1.82) is 0 Å². The monoisotopic (exact) mass is 507 g/mol. The lowest BCUT2D eigenvalue weighted by Crippen LogP contribution is -2.24. The Hall–Kier alpha value is -1.35. The van der Waals surface area contributed by atoms with Gasteiger partial charge in [-0.25, -0.2) is 4.98 Å². The highest BCUT2D eigenvalue weighted by Gasteiger charge is 2.12. The van der Waals surface area contributed by atoms with Crippen molar-refractivity contribution in [2.24, 2.45) is 0 Å². The molecular weight excluding hydrogens is 499 g/mol. The van der Waals surface area contributed by atoms with Gasteiger partial charge in [0.2, 0.25) is 0 Å². The van der Waals surface area contributed by atoms with E-state index in [2.05, 4.69) is 10.1 Å². The van der Waals surface area contributed by atoms with Crippen LogP contribution in [0.2, 0.25) is 15.2 Å². The number of halogens is 4. The summed E-state index contributed by atoms with van der Waals surface area (Å²) in [6.07, 6.45) is 3.09. The number of rotatable bonds is 4. The van der Waals surface area contributed by atoms with Crippen LogP contribution in [0.1, 0.15) is 5.56 Å². The number of pyridine rings is 1. The number of hydrogen-bond donors (Lipinski definition) is 0. The third kappa shape index (κ3) is 4.25. The summed E-state index contributed by atoms with van der Waals surface area (Å²) in [5.41, 5.74) is 1.03. The molecule has 0 fully saturated rings. The minimum atomic E-state index is -0.314. The van der Waals surface area contributed by atoms with Crippen LogP contribution in [0.25, 0.3) is 5.69 Å². The molecule has 9 heteroatoms. The van der Waals surface area contributed by atoms with Crippen molar-refractivity contribution in [2.45, 2.75) is 6.61 Å². The van der Waals surface area contributed by atoms with Crippen LogP contribution in [0, 0.1) is 3.57 Å². The second-order valence-corrected chi connectivity index (χ2v) is 7.20. The molecule has 2 aromatic heterocycles. The molecule has 0 atom stereocenters. The van der Waals surface area contributed by atoms with Crippen molar-refractivity contribution >= 4 is 57.4 Å². The Balaban J connectivity index is 1.86. The van der Waals surface area contributed by atoms with E-state index < -0.39 is 0 Å². The highest BCUT2D eigenvalue weighted by Crippen LogP contribution is 2.24. The zero-order valence-electron chi connectivity index (χ0n) is 12.4. The molecule has 0 unspecified atom stereocenters. The van der Waals surface area contributed by atoms with Crippen LogP contribution in [-0.2, 0) is 6.61 Å². The summed E-state index contributed by atoms with van der Waals surface area (Å²) >= 11 is 19.6. The second-order valence-electron chi connectivity index (χ2n) is 4.92. The topological polar surface area (TPSA) is 57.0 Å². The molecule has 0 radical (unpaired) electrons. The van der Waals surface area contributed by atoms with Crippen LogP contribution in [0.4, 0.5) is 0 Å². The van der Waals surface area contributed by atoms with E-state index in [1.54, 1.807) is 36.5 Å². The van der Waals surface area contributed by atoms with E-state index in [0.29, 0.717) is 30.2 Å². The molecule has 3 rings (SSSR count). The standard InChI is InChI=1S/C16H9Cl3IN3O2/c17-11-3-2-10(5-12(11)18)23-16(24)15(20)13(7-22-23)25-8-9-1-4-14(19)21-6-9/h1-7H,8H2. The lowest BCUT2D eigenvalue weighted by atomic mass is 10.3. The van der Waals surface area contributed by atoms with Crippen molar-refractivity contribution in [3.05, 3.63) is 77.4 Å². The fourth-order valence-corrected chi connectivity index (χ4v) is 2.90. The first-order chi connectivity index (χ1) is 12.0. The van der Waals surface area contributed by atoms with Gasteiger partial charge in [-0.3, -0.25) is 4.79 Å². The Bertz CT molecular complexity index is 977. The van der Waals surface area contributed by atoms with E-state index in [1.807, 2.05) is 22.6 Å². The SMILES string of the molecule is O=c1c(I)c(OCc2ccc(Cl)nc2)cnn1-c1ccc(Cl)c(Cl)c1. The van der Waals surface area contributed by atoms with Gasteiger partial charge < -0.3 is 4.74 Å². The average molecular weight is 509 g/mol. The van der Waals surface area contributed by atoms with Gasteiger partial charge in [-0.1, -0.05) is 40.9 Å². The highest BCUT2D eigenvalue weighted by molar-refractivity contribution is 14.1. The molecule has 1 aromatic carbocycles. The molecule has 0 bridgehead atoms. The first-order valence-corrected chi connectivity index (χ1v) is 9.13. The molecule has 128 valence electrons. The summed E-state index contributed by atoms with van der Waals surface area (Å²) in [6, 6.07) is 8.32. The van der Waals surface area contributed by atoms with Crippen molar-refractivity contribution in [3.63, 3.8) is 0 Å². The van der Waals surface area contributed by atoms with E-state index in [4.69, 9.17) is 39.5 Å². The molecule has 0 spiro atoms. The maximum atomic E-state index is 12.5. The minimum absolute atomic E-state index is 0.248. The number of aromatic nitrogens is 3. The van der Waals surface area contributed by atoms with Gasteiger partial charge in [-0.2, -0.15) is 9.78 Å². The maximum Gasteiger partial charge on any atom is 0.288 e. The Labute approximate surface area is 171 Å². The van der Waals surface area contributed by atoms with Gasteiger partial charge in [0.25, 0.3) is 5.56 Å². The van der Waals surface area contributed by atoms with Crippen LogP contribution in [0.3, 0.4) is 0 Å². The fourth-order valence-electron chi connectivity index (χ4n) is 1.97. The van der Waals surface area contributed by atoms with Gasteiger partial charge in [0, 0.05) is 11.8 Å². The summed E-state index contributed by atoms with van der Waals surface area (Å²) < 4.78 is 7.30. The maximum absolute atomic E-state index is 12.5. The Morgan fingerprint density at radius 2 is 1.88 bits per heavy atom. The Morgan fingerprint density at radius 1 is 1.08 bits per heavy atom. The number of hydrogen-bond acceptors (Lipinski definition) is 4. The largest absolute Gasteiger partial charge is 0.486 e. The third-order valence-electron chi connectivity index (χ3n) is 3.22. The summed E-state index contributed by atoms with van der Waals surface area (Å²) in [4.78, 5) is 16.5. The molecule has 0 aliphatic heterocycles. The van der Waals surface area contributed by atoms with Gasteiger partial charge in [0.15, 0.2) is 5.75 Å². The van der Waals surface area contributed by atoms with Gasteiger partial charge in [0.05, 0.1) is 21.9 Å². The quantitative estimate of drug-likeness (QED) is 0.376. The molecular formula is C16H9Cl3IN3O2. The Morgan fingerprint density at radius 3 is 2.56 bits per heavy atom. The van der Waals surface area contributed by atoms with Crippen molar-refractivity contribution in [2.75, 3.05) is 0 Å². The highest BCUT2D eigenvalue weighted by atomic mass is 127. The van der Waals surface area contributed by atoms with Crippen LogP contribution in [-0.4, -0.2) is 14.8 Å². The summed E-state index contributed by atoms with van der Waals surface area (Å²) in [5.74, 6) is 0.386. The molecule has 25 heavy (non-hydrogen) atoms. The first-order valence-electron chi connectivity index (χ1n) is 6.92. The molecule has 0 saturated heterocycles. The van der Waals surface area contributed by atoms with Crippen molar-refractivity contribution in [1.82, 2.24) is 14.8 Å². The second kappa shape index (κ2) is 7.90. The van der Waals surface area contributed by atoms with Gasteiger partial charge in [-0.15, -0.1) is 0 Å². The molecule has 0 N–H and O–H groups in total. The van der Waals surface area contributed by atoms with Crippen LogP contribution >= 0.6 is 57.4 Å². The molecule has 0 saturated carbocycles. The number of benzene rings is 1. The first kappa shape index (κ1) is 18.4. The van der Waals surface area contributed by atoms with E-state index >= 15 is 0 Å². The molecule has 0 aliphatic rings. The molecule has 5 nitrogen and oxygen atoms in total. The van der Waals surface area contributed by atoms with Crippen LogP contribution < -0.4 is 10.3 Å². The van der Waals surface area contributed by atoms with Gasteiger partial charge in [-0.05, 0) is 46.9 Å². The van der Waals surface area contributed by atoms with Gasteiger partial charge in [0.1, 0.15) is 15.3 Å². The number of ether oxygens (including phenoxy) is 1. The van der Waals surface area contributed by atoms with Crippen molar-refractivity contribution in [3.8, 4) is 11.4 Å². The van der Waals surface area contributed by atoms with Crippen LogP contribution in [0.5, 0.6) is 5.75 Å². The van der Waals surface area contributed by atoms with E-state index in [0.717, 1.165) is 5.56 Å². The molecule has 0 aliphatic carbocycles.